The molecule has 3 fully saturated rings. The molecule has 2 bridgehead atoms. The zero-order chi connectivity index (χ0) is 24.8. The SMILES string of the molecule is O=C(O[C@H]1C[N+]2(CCCOc3cccc(O)c3)CCC1CC2)N(Cc1ccccc1)c1ccccc1. The molecule has 0 aromatic heterocycles. The van der Waals surface area contributed by atoms with Gasteiger partial charge in [-0.15, -0.1) is 0 Å². The fraction of sp³-hybridized carbons (Fsp3) is 0.367. The number of aromatic hydroxyl groups is 1. The Morgan fingerprint density at radius 3 is 2.39 bits per heavy atom. The van der Waals surface area contributed by atoms with E-state index < -0.39 is 0 Å². The molecule has 6 nitrogen and oxygen atoms in total. The van der Waals surface area contributed by atoms with Crippen LogP contribution in [0, 0.1) is 5.92 Å². The minimum atomic E-state index is -0.269. The average Bonchev–Trinajstić information content (AvgIpc) is 2.91. The third-order valence-corrected chi connectivity index (χ3v) is 7.63. The molecule has 0 radical (unpaired) electrons. The summed E-state index contributed by atoms with van der Waals surface area (Å²) in [6, 6.07) is 26.8. The topological polar surface area (TPSA) is 59.0 Å². The van der Waals surface area contributed by atoms with E-state index in [-0.39, 0.29) is 17.9 Å². The van der Waals surface area contributed by atoms with E-state index in [0.717, 1.165) is 61.2 Å². The fourth-order valence-electron chi connectivity index (χ4n) is 5.66. The summed E-state index contributed by atoms with van der Waals surface area (Å²) in [6.07, 6.45) is 2.78. The monoisotopic (exact) mass is 487 g/mol. The van der Waals surface area contributed by atoms with Crippen LogP contribution in [-0.2, 0) is 11.3 Å². The highest BCUT2D eigenvalue weighted by Gasteiger charge is 2.47. The maximum Gasteiger partial charge on any atom is 0.415 e. The minimum absolute atomic E-state index is 0.0611. The second kappa shape index (κ2) is 11.0. The molecule has 0 aliphatic carbocycles. The number of carbonyl (C=O) groups excluding carboxylic acids is 1. The van der Waals surface area contributed by atoms with Crippen molar-refractivity contribution in [3.05, 3.63) is 90.5 Å². The van der Waals surface area contributed by atoms with Gasteiger partial charge < -0.3 is 19.1 Å². The van der Waals surface area contributed by atoms with E-state index in [9.17, 15) is 9.90 Å². The summed E-state index contributed by atoms with van der Waals surface area (Å²) in [4.78, 5) is 15.2. The molecule has 0 unspecified atom stereocenters. The van der Waals surface area contributed by atoms with Crippen molar-refractivity contribution in [1.82, 2.24) is 0 Å². The van der Waals surface area contributed by atoms with Crippen LogP contribution in [0.5, 0.6) is 11.5 Å². The van der Waals surface area contributed by atoms with Crippen LogP contribution in [0.2, 0.25) is 0 Å². The van der Waals surface area contributed by atoms with Gasteiger partial charge in [0.2, 0.25) is 0 Å². The molecule has 1 atom stereocenters. The summed E-state index contributed by atoms with van der Waals surface area (Å²) in [5, 5.41) is 9.63. The molecule has 3 aliphatic heterocycles. The number of amides is 1. The molecule has 3 aromatic carbocycles. The van der Waals surface area contributed by atoms with Gasteiger partial charge in [-0.1, -0.05) is 54.6 Å². The highest BCUT2D eigenvalue weighted by atomic mass is 16.6. The molecule has 3 aliphatic rings. The number of nitrogens with zero attached hydrogens (tertiary/aromatic N) is 2. The van der Waals surface area contributed by atoms with Crippen molar-refractivity contribution in [2.24, 2.45) is 5.92 Å². The summed E-state index contributed by atoms with van der Waals surface area (Å²) in [6.45, 7) is 5.24. The summed E-state index contributed by atoms with van der Waals surface area (Å²) < 4.78 is 13.1. The first-order chi connectivity index (χ1) is 17.6. The Labute approximate surface area is 213 Å². The van der Waals surface area contributed by atoms with Crippen LogP contribution in [-0.4, -0.2) is 54.6 Å². The number of anilines is 1. The van der Waals surface area contributed by atoms with Gasteiger partial charge in [-0.2, -0.15) is 0 Å². The highest BCUT2D eigenvalue weighted by molar-refractivity contribution is 5.87. The molecule has 1 amide bonds. The van der Waals surface area contributed by atoms with E-state index in [1.165, 1.54) is 0 Å². The maximum absolute atomic E-state index is 13.5. The van der Waals surface area contributed by atoms with Crippen LogP contribution in [0.25, 0.3) is 0 Å². The molecular formula is C30H35N2O4+. The quantitative estimate of drug-likeness (QED) is 0.315. The van der Waals surface area contributed by atoms with Crippen LogP contribution in [0.4, 0.5) is 10.5 Å². The molecule has 36 heavy (non-hydrogen) atoms. The van der Waals surface area contributed by atoms with Gasteiger partial charge in [0.25, 0.3) is 0 Å². The Morgan fingerprint density at radius 2 is 1.67 bits per heavy atom. The van der Waals surface area contributed by atoms with Gasteiger partial charge in [0.05, 0.1) is 32.8 Å². The molecule has 1 N–H and O–H groups in total. The highest BCUT2D eigenvalue weighted by Crippen LogP contribution is 2.36. The maximum atomic E-state index is 13.5. The van der Waals surface area contributed by atoms with Crippen molar-refractivity contribution in [2.45, 2.75) is 31.9 Å². The van der Waals surface area contributed by atoms with Crippen LogP contribution in [0.15, 0.2) is 84.9 Å². The molecule has 188 valence electrons. The Kier molecular flexibility index (Phi) is 7.42. The number of fused-ring (bicyclic) bond motifs is 3. The summed E-state index contributed by atoms with van der Waals surface area (Å²) in [5.74, 6) is 1.35. The van der Waals surface area contributed by atoms with Gasteiger partial charge in [-0.3, -0.25) is 4.90 Å². The normalized spacial score (nSPS) is 22.7. The molecule has 0 spiro atoms. The van der Waals surface area contributed by atoms with Gasteiger partial charge >= 0.3 is 6.09 Å². The number of carbonyl (C=O) groups is 1. The zero-order valence-corrected chi connectivity index (χ0v) is 20.7. The standard InChI is InChI=1S/C30H34N2O4/c33-27-13-7-14-28(21-27)35-20-8-17-32-18-15-25(16-19-32)29(23-32)36-30(34)31(26-11-5-2-6-12-26)22-24-9-3-1-4-10-24/h1-7,9-14,21,25,29H,8,15-20,22-23H2/p+1/t25?,29-,32?/m0/s1. The first-order valence-corrected chi connectivity index (χ1v) is 12.9. The lowest BCUT2D eigenvalue weighted by atomic mass is 9.83. The lowest BCUT2D eigenvalue weighted by Crippen LogP contribution is -2.65. The van der Waals surface area contributed by atoms with Crippen molar-refractivity contribution in [3.8, 4) is 11.5 Å². The van der Waals surface area contributed by atoms with Gasteiger partial charge in [-0.05, 0) is 29.8 Å². The number of hydrogen-bond acceptors (Lipinski definition) is 4. The van der Waals surface area contributed by atoms with Crippen LogP contribution < -0.4 is 9.64 Å². The van der Waals surface area contributed by atoms with Crippen LogP contribution in [0.1, 0.15) is 24.8 Å². The van der Waals surface area contributed by atoms with Gasteiger partial charge in [0.15, 0.2) is 6.10 Å². The number of phenolic OH excluding ortho intramolecular Hbond substituents is 1. The zero-order valence-electron chi connectivity index (χ0n) is 20.7. The van der Waals surface area contributed by atoms with Crippen molar-refractivity contribution in [2.75, 3.05) is 37.7 Å². The Bertz CT molecular complexity index is 1130. The number of benzene rings is 3. The van der Waals surface area contributed by atoms with E-state index in [4.69, 9.17) is 9.47 Å². The predicted octanol–water partition coefficient (Wildman–Crippen LogP) is 5.61. The van der Waals surface area contributed by atoms with E-state index in [1.807, 2.05) is 66.7 Å². The van der Waals surface area contributed by atoms with Crippen LogP contribution in [0.3, 0.4) is 0 Å². The Morgan fingerprint density at radius 1 is 0.944 bits per heavy atom. The van der Waals surface area contributed by atoms with E-state index in [2.05, 4.69) is 0 Å². The molecule has 3 heterocycles. The molecule has 3 aromatic rings. The number of quaternary nitrogens is 1. The first kappa shape index (κ1) is 24.2. The summed E-state index contributed by atoms with van der Waals surface area (Å²) in [7, 11) is 0. The Hall–Kier alpha value is -3.51. The number of piperidine rings is 3. The van der Waals surface area contributed by atoms with E-state index in [1.54, 1.807) is 23.1 Å². The van der Waals surface area contributed by atoms with Crippen molar-refractivity contribution < 1.29 is 23.9 Å². The number of hydrogen-bond donors (Lipinski definition) is 1. The number of para-hydroxylation sites is 1. The lowest BCUT2D eigenvalue weighted by molar-refractivity contribution is -0.946. The predicted molar refractivity (Wildman–Crippen MR) is 140 cm³/mol. The van der Waals surface area contributed by atoms with E-state index in [0.29, 0.717) is 24.8 Å². The van der Waals surface area contributed by atoms with Crippen molar-refractivity contribution >= 4 is 11.8 Å². The molecule has 6 rings (SSSR count). The molecule has 0 saturated carbocycles. The van der Waals surface area contributed by atoms with Crippen molar-refractivity contribution in [3.63, 3.8) is 0 Å². The second-order valence-corrected chi connectivity index (χ2v) is 10.1. The van der Waals surface area contributed by atoms with E-state index >= 15 is 0 Å². The third-order valence-electron chi connectivity index (χ3n) is 7.63. The molecular weight excluding hydrogens is 452 g/mol. The third kappa shape index (κ3) is 5.82. The summed E-state index contributed by atoms with van der Waals surface area (Å²) >= 11 is 0. The molecule has 6 heteroatoms. The lowest BCUT2D eigenvalue weighted by Gasteiger charge is -2.52. The number of ether oxygens (including phenoxy) is 2. The Balaban J connectivity index is 1.21. The smallest absolute Gasteiger partial charge is 0.415 e. The fourth-order valence-corrected chi connectivity index (χ4v) is 5.66. The van der Waals surface area contributed by atoms with Gasteiger partial charge in [0.1, 0.15) is 18.0 Å². The summed E-state index contributed by atoms with van der Waals surface area (Å²) in [5.41, 5.74) is 1.92. The number of phenols is 1. The van der Waals surface area contributed by atoms with Gasteiger partial charge in [0, 0.05) is 36.9 Å². The second-order valence-electron chi connectivity index (χ2n) is 10.1. The number of rotatable bonds is 9. The van der Waals surface area contributed by atoms with Gasteiger partial charge in [-0.25, -0.2) is 4.79 Å². The molecule has 3 saturated heterocycles. The first-order valence-electron chi connectivity index (χ1n) is 12.9. The average molecular weight is 488 g/mol. The largest absolute Gasteiger partial charge is 0.508 e. The van der Waals surface area contributed by atoms with Crippen molar-refractivity contribution in [1.29, 1.82) is 0 Å². The van der Waals surface area contributed by atoms with Crippen LogP contribution >= 0.6 is 0 Å². The minimum Gasteiger partial charge on any atom is -0.508 e.